The van der Waals surface area contributed by atoms with E-state index >= 15 is 0 Å². The molecule has 0 radical (unpaired) electrons. The van der Waals surface area contributed by atoms with Crippen LogP contribution in [0.5, 0.6) is 0 Å². The summed E-state index contributed by atoms with van der Waals surface area (Å²) in [6.45, 7) is 7.81. The summed E-state index contributed by atoms with van der Waals surface area (Å²) in [5.74, 6) is 0. The summed E-state index contributed by atoms with van der Waals surface area (Å²) in [6.07, 6.45) is 10.5. The quantitative estimate of drug-likeness (QED) is 0.420. The first kappa shape index (κ1) is 11.2. The van der Waals surface area contributed by atoms with Gasteiger partial charge in [-0.3, -0.25) is 4.99 Å². The molecule has 0 aromatic heterocycles. The predicted octanol–water partition coefficient (Wildman–Crippen LogP) is 3.73. The maximum Gasteiger partial charge on any atom is 0.0400 e. The molecule has 68 valence electrons. The van der Waals surface area contributed by atoms with Crippen LogP contribution in [0.4, 0.5) is 0 Å². The zero-order valence-corrected chi connectivity index (χ0v) is 8.21. The maximum absolute atomic E-state index is 4.18. The van der Waals surface area contributed by atoms with Crippen molar-refractivity contribution in [2.24, 2.45) is 4.99 Å². The summed E-state index contributed by atoms with van der Waals surface area (Å²) in [7, 11) is 0. The second kappa shape index (κ2) is 8.25. The molecular weight excluding hydrogens is 146 g/mol. The van der Waals surface area contributed by atoms with Crippen molar-refractivity contribution >= 4 is 5.71 Å². The van der Waals surface area contributed by atoms with E-state index < -0.39 is 0 Å². The lowest BCUT2D eigenvalue weighted by molar-refractivity contribution is 0.743. The molecule has 12 heavy (non-hydrogen) atoms. The summed E-state index contributed by atoms with van der Waals surface area (Å²) < 4.78 is 0. The molecule has 0 spiro atoms. The minimum Gasteiger partial charge on any atom is -0.262 e. The van der Waals surface area contributed by atoms with Gasteiger partial charge in [0.2, 0.25) is 0 Å². The SMILES string of the molecule is C=CN=C(/C=C\C)CCCCC. The van der Waals surface area contributed by atoms with E-state index in [9.17, 15) is 0 Å². The van der Waals surface area contributed by atoms with Gasteiger partial charge in [0.1, 0.15) is 0 Å². The van der Waals surface area contributed by atoms with E-state index in [0.717, 1.165) is 12.1 Å². The van der Waals surface area contributed by atoms with Crippen LogP contribution in [0.2, 0.25) is 0 Å². The summed E-state index contributed by atoms with van der Waals surface area (Å²) in [5.41, 5.74) is 1.14. The number of aliphatic imine (C=N–C) groups is 1. The zero-order chi connectivity index (χ0) is 9.23. The number of allylic oxidation sites excluding steroid dienone is 2. The van der Waals surface area contributed by atoms with Crippen LogP contribution in [-0.4, -0.2) is 5.71 Å². The summed E-state index contributed by atoms with van der Waals surface area (Å²) in [5, 5.41) is 0. The Bertz CT molecular complexity index is 166. The molecule has 0 aromatic rings. The zero-order valence-electron chi connectivity index (χ0n) is 8.21. The lowest BCUT2D eigenvalue weighted by Crippen LogP contribution is -1.92. The Morgan fingerprint density at radius 3 is 2.67 bits per heavy atom. The van der Waals surface area contributed by atoms with Gasteiger partial charge in [0, 0.05) is 11.9 Å². The number of nitrogens with zero attached hydrogens (tertiary/aromatic N) is 1. The summed E-state index contributed by atoms with van der Waals surface area (Å²) >= 11 is 0. The fourth-order valence-electron chi connectivity index (χ4n) is 1.06. The van der Waals surface area contributed by atoms with Crippen LogP contribution in [0.15, 0.2) is 29.9 Å². The Hall–Kier alpha value is -0.850. The van der Waals surface area contributed by atoms with Gasteiger partial charge in [0.25, 0.3) is 0 Å². The van der Waals surface area contributed by atoms with Crippen LogP contribution < -0.4 is 0 Å². The number of unbranched alkanes of at least 4 members (excludes halogenated alkanes) is 2. The molecule has 0 aliphatic heterocycles. The molecule has 0 saturated carbocycles. The highest BCUT2D eigenvalue weighted by Crippen LogP contribution is 2.02. The Morgan fingerprint density at radius 2 is 2.17 bits per heavy atom. The van der Waals surface area contributed by atoms with Gasteiger partial charge in [0.15, 0.2) is 0 Å². The number of hydrogen-bond acceptors (Lipinski definition) is 1. The highest BCUT2D eigenvalue weighted by Gasteiger charge is 1.92. The molecule has 0 fully saturated rings. The third-order valence-corrected chi connectivity index (χ3v) is 1.65. The topological polar surface area (TPSA) is 12.4 Å². The minimum absolute atomic E-state index is 1.07. The molecule has 0 heterocycles. The summed E-state index contributed by atoms with van der Waals surface area (Å²) in [4.78, 5) is 4.18. The van der Waals surface area contributed by atoms with Crippen LogP contribution in [0.1, 0.15) is 39.5 Å². The van der Waals surface area contributed by atoms with E-state index in [0.29, 0.717) is 0 Å². The Morgan fingerprint density at radius 1 is 1.42 bits per heavy atom. The summed E-state index contributed by atoms with van der Waals surface area (Å²) in [6, 6.07) is 0. The van der Waals surface area contributed by atoms with E-state index in [1.54, 1.807) is 6.20 Å². The van der Waals surface area contributed by atoms with Crippen LogP contribution in [0.25, 0.3) is 0 Å². The molecule has 0 aliphatic carbocycles. The molecule has 0 atom stereocenters. The number of rotatable bonds is 6. The van der Waals surface area contributed by atoms with Gasteiger partial charge in [-0.15, -0.1) is 0 Å². The first-order valence-corrected chi connectivity index (χ1v) is 4.65. The highest BCUT2D eigenvalue weighted by atomic mass is 14.7. The lowest BCUT2D eigenvalue weighted by atomic mass is 10.1. The van der Waals surface area contributed by atoms with E-state index in [-0.39, 0.29) is 0 Å². The number of hydrogen-bond donors (Lipinski definition) is 0. The molecule has 0 rings (SSSR count). The standard InChI is InChI=1S/C11H19N/c1-4-7-8-10-11(9-5-2)12-6-3/h5-6,9H,3-4,7-8,10H2,1-2H3/b9-5-,12-11?. The maximum atomic E-state index is 4.18. The second-order valence-electron chi connectivity index (χ2n) is 2.76. The smallest absolute Gasteiger partial charge is 0.0400 e. The van der Waals surface area contributed by atoms with Gasteiger partial charge < -0.3 is 0 Å². The fraction of sp³-hybridized carbons (Fsp3) is 0.545. The van der Waals surface area contributed by atoms with Crippen molar-refractivity contribution in [1.82, 2.24) is 0 Å². The van der Waals surface area contributed by atoms with E-state index in [4.69, 9.17) is 0 Å². The van der Waals surface area contributed by atoms with Crippen molar-refractivity contribution in [3.8, 4) is 0 Å². The van der Waals surface area contributed by atoms with Crippen molar-refractivity contribution in [3.05, 3.63) is 24.9 Å². The largest absolute Gasteiger partial charge is 0.262 e. The monoisotopic (exact) mass is 165 g/mol. The second-order valence-corrected chi connectivity index (χ2v) is 2.76. The minimum atomic E-state index is 1.07. The Kier molecular flexibility index (Phi) is 7.66. The predicted molar refractivity (Wildman–Crippen MR) is 56.6 cm³/mol. The average Bonchev–Trinajstić information content (AvgIpc) is 2.06. The van der Waals surface area contributed by atoms with E-state index in [2.05, 4.69) is 24.6 Å². The average molecular weight is 165 g/mol. The van der Waals surface area contributed by atoms with Gasteiger partial charge >= 0.3 is 0 Å². The van der Waals surface area contributed by atoms with E-state index in [1.807, 2.05) is 13.0 Å². The molecular formula is C11H19N. The van der Waals surface area contributed by atoms with Crippen LogP contribution in [0, 0.1) is 0 Å². The molecule has 0 bridgehead atoms. The molecule has 0 N–H and O–H groups in total. The van der Waals surface area contributed by atoms with Crippen molar-refractivity contribution in [2.45, 2.75) is 39.5 Å². The first-order chi connectivity index (χ1) is 5.85. The Balaban J connectivity index is 3.79. The van der Waals surface area contributed by atoms with Crippen molar-refractivity contribution in [3.63, 3.8) is 0 Å². The highest BCUT2D eigenvalue weighted by molar-refractivity contribution is 5.95. The van der Waals surface area contributed by atoms with Crippen LogP contribution in [-0.2, 0) is 0 Å². The first-order valence-electron chi connectivity index (χ1n) is 4.65. The molecule has 1 nitrogen and oxygen atoms in total. The van der Waals surface area contributed by atoms with Gasteiger partial charge in [0.05, 0.1) is 0 Å². The molecule has 0 amide bonds. The van der Waals surface area contributed by atoms with Crippen molar-refractivity contribution in [1.29, 1.82) is 0 Å². The van der Waals surface area contributed by atoms with Crippen LogP contribution in [0.3, 0.4) is 0 Å². The van der Waals surface area contributed by atoms with Gasteiger partial charge in [-0.1, -0.05) is 32.4 Å². The normalized spacial score (nSPS) is 12.3. The van der Waals surface area contributed by atoms with Gasteiger partial charge in [-0.25, -0.2) is 0 Å². The van der Waals surface area contributed by atoms with E-state index in [1.165, 1.54) is 19.3 Å². The van der Waals surface area contributed by atoms with Gasteiger partial charge in [-0.05, 0) is 25.8 Å². The molecule has 0 aromatic carbocycles. The Labute approximate surface area is 75.9 Å². The van der Waals surface area contributed by atoms with Gasteiger partial charge in [-0.2, -0.15) is 0 Å². The third-order valence-electron chi connectivity index (χ3n) is 1.65. The van der Waals surface area contributed by atoms with Crippen molar-refractivity contribution < 1.29 is 0 Å². The third kappa shape index (κ3) is 5.90. The van der Waals surface area contributed by atoms with Crippen LogP contribution >= 0.6 is 0 Å². The fourth-order valence-corrected chi connectivity index (χ4v) is 1.06. The molecule has 0 unspecified atom stereocenters. The molecule has 1 heteroatoms. The van der Waals surface area contributed by atoms with Crippen molar-refractivity contribution in [2.75, 3.05) is 0 Å². The lowest BCUT2D eigenvalue weighted by Gasteiger charge is -1.98. The molecule has 0 aliphatic rings. The molecule has 0 saturated heterocycles.